The van der Waals surface area contributed by atoms with Crippen LogP contribution in [0.1, 0.15) is 16.7 Å². The summed E-state index contributed by atoms with van der Waals surface area (Å²) >= 11 is 0. The van der Waals surface area contributed by atoms with E-state index in [-0.39, 0.29) is 0 Å². The number of rotatable bonds is 5. The second kappa shape index (κ2) is 7.85. The van der Waals surface area contributed by atoms with E-state index in [9.17, 15) is 0 Å². The number of morpholine rings is 1. The largest absolute Gasteiger partial charge is 0.486 e. The first-order valence-electron chi connectivity index (χ1n) is 9.15. The molecule has 1 aliphatic rings. The van der Waals surface area contributed by atoms with Crippen molar-refractivity contribution >= 4 is 10.9 Å². The molecule has 2 aromatic carbocycles. The minimum absolute atomic E-state index is 0.552. The maximum atomic E-state index is 6.18. The van der Waals surface area contributed by atoms with Crippen LogP contribution < -0.4 is 4.74 Å². The van der Waals surface area contributed by atoms with Gasteiger partial charge >= 0.3 is 0 Å². The molecular weight excluding hydrogens is 324 g/mol. The topological polar surface area (TPSA) is 34.6 Å². The Labute approximate surface area is 154 Å². The number of aryl methyl sites for hydroxylation is 1. The van der Waals surface area contributed by atoms with Gasteiger partial charge in [-0.15, -0.1) is 0 Å². The third kappa shape index (κ3) is 3.71. The van der Waals surface area contributed by atoms with Crippen LogP contribution in [0.4, 0.5) is 0 Å². The lowest BCUT2D eigenvalue weighted by Crippen LogP contribution is -2.35. The van der Waals surface area contributed by atoms with E-state index in [1.54, 1.807) is 0 Å². The first-order valence-corrected chi connectivity index (χ1v) is 9.15. The van der Waals surface area contributed by atoms with Gasteiger partial charge in [-0.05, 0) is 29.7 Å². The highest BCUT2D eigenvalue weighted by molar-refractivity contribution is 5.88. The van der Waals surface area contributed by atoms with Gasteiger partial charge in [0.15, 0.2) is 0 Å². The van der Waals surface area contributed by atoms with Crippen molar-refractivity contribution in [2.75, 3.05) is 26.3 Å². The zero-order valence-electron chi connectivity index (χ0n) is 15.1. The summed E-state index contributed by atoms with van der Waals surface area (Å²) < 4.78 is 11.7. The standard InChI is InChI=1S/C22H24N2O2/c1-17-14-19(15-24-10-12-25-13-11-24)20-8-5-9-23-21(20)22(17)26-16-18-6-3-2-4-7-18/h2-9,14H,10-13,15-16H2,1H3. The Bertz CT molecular complexity index is 874. The Morgan fingerprint density at radius 1 is 1.08 bits per heavy atom. The molecule has 1 aliphatic heterocycles. The minimum atomic E-state index is 0.552. The quantitative estimate of drug-likeness (QED) is 0.699. The van der Waals surface area contributed by atoms with Crippen molar-refractivity contribution in [2.24, 2.45) is 0 Å². The molecule has 0 amide bonds. The van der Waals surface area contributed by atoms with Crippen molar-refractivity contribution in [1.82, 2.24) is 9.88 Å². The fraction of sp³-hybridized carbons (Fsp3) is 0.318. The highest BCUT2D eigenvalue weighted by Gasteiger charge is 2.16. The number of benzene rings is 2. The van der Waals surface area contributed by atoms with Crippen LogP contribution in [-0.2, 0) is 17.9 Å². The van der Waals surface area contributed by atoms with Gasteiger partial charge in [-0.2, -0.15) is 0 Å². The fourth-order valence-electron chi connectivity index (χ4n) is 3.48. The van der Waals surface area contributed by atoms with Crippen LogP contribution >= 0.6 is 0 Å². The second-order valence-corrected chi connectivity index (χ2v) is 6.74. The van der Waals surface area contributed by atoms with E-state index in [0.29, 0.717) is 6.61 Å². The highest BCUT2D eigenvalue weighted by Crippen LogP contribution is 2.32. The number of ether oxygens (including phenoxy) is 2. The Hall–Kier alpha value is -2.43. The molecular formula is C22H24N2O2. The molecule has 4 nitrogen and oxygen atoms in total. The summed E-state index contributed by atoms with van der Waals surface area (Å²) in [6.07, 6.45) is 1.84. The van der Waals surface area contributed by atoms with Gasteiger partial charge < -0.3 is 9.47 Å². The molecule has 0 radical (unpaired) electrons. The van der Waals surface area contributed by atoms with Crippen LogP contribution in [0.15, 0.2) is 54.7 Å². The Morgan fingerprint density at radius 3 is 2.69 bits per heavy atom. The molecule has 0 saturated carbocycles. The lowest BCUT2D eigenvalue weighted by molar-refractivity contribution is 0.0343. The Morgan fingerprint density at radius 2 is 1.88 bits per heavy atom. The predicted molar refractivity (Wildman–Crippen MR) is 103 cm³/mol. The zero-order valence-corrected chi connectivity index (χ0v) is 15.1. The number of nitrogens with zero attached hydrogens (tertiary/aromatic N) is 2. The van der Waals surface area contributed by atoms with Crippen LogP contribution in [0.2, 0.25) is 0 Å². The smallest absolute Gasteiger partial charge is 0.148 e. The van der Waals surface area contributed by atoms with Crippen molar-refractivity contribution in [2.45, 2.75) is 20.1 Å². The van der Waals surface area contributed by atoms with E-state index in [0.717, 1.165) is 55.2 Å². The van der Waals surface area contributed by atoms with Gasteiger partial charge in [0, 0.05) is 31.2 Å². The van der Waals surface area contributed by atoms with Crippen molar-refractivity contribution in [3.63, 3.8) is 0 Å². The predicted octanol–water partition coefficient (Wildman–Crippen LogP) is 3.95. The molecule has 0 aliphatic carbocycles. The number of aromatic nitrogens is 1. The molecule has 0 unspecified atom stereocenters. The lowest BCUT2D eigenvalue weighted by atomic mass is 10.0. The normalized spacial score (nSPS) is 15.3. The monoisotopic (exact) mass is 348 g/mol. The summed E-state index contributed by atoms with van der Waals surface area (Å²) in [6, 6.07) is 16.6. The average Bonchev–Trinajstić information content (AvgIpc) is 2.69. The van der Waals surface area contributed by atoms with Gasteiger partial charge in [-0.3, -0.25) is 9.88 Å². The molecule has 4 heteroatoms. The third-order valence-electron chi connectivity index (χ3n) is 4.84. The summed E-state index contributed by atoms with van der Waals surface area (Å²) in [7, 11) is 0. The molecule has 0 N–H and O–H groups in total. The van der Waals surface area contributed by atoms with Crippen molar-refractivity contribution in [1.29, 1.82) is 0 Å². The van der Waals surface area contributed by atoms with Crippen LogP contribution in [-0.4, -0.2) is 36.2 Å². The molecule has 0 bridgehead atoms. The molecule has 3 aromatic rings. The van der Waals surface area contributed by atoms with Gasteiger partial charge in [-0.25, -0.2) is 0 Å². The molecule has 1 saturated heterocycles. The summed E-state index contributed by atoms with van der Waals surface area (Å²) in [5.41, 5.74) is 4.55. The van der Waals surface area contributed by atoms with Crippen LogP contribution in [0.5, 0.6) is 5.75 Å². The lowest BCUT2D eigenvalue weighted by Gasteiger charge is -2.27. The molecule has 26 heavy (non-hydrogen) atoms. The van der Waals surface area contributed by atoms with Gasteiger partial charge in [-0.1, -0.05) is 42.5 Å². The van der Waals surface area contributed by atoms with Crippen molar-refractivity contribution in [3.8, 4) is 5.75 Å². The number of pyridine rings is 1. The van der Waals surface area contributed by atoms with Crippen LogP contribution in [0, 0.1) is 6.92 Å². The number of fused-ring (bicyclic) bond motifs is 1. The molecule has 2 heterocycles. The summed E-state index contributed by atoms with van der Waals surface area (Å²) in [5.74, 6) is 0.884. The molecule has 0 atom stereocenters. The highest BCUT2D eigenvalue weighted by atomic mass is 16.5. The Kier molecular flexibility index (Phi) is 5.14. The molecule has 4 rings (SSSR count). The van der Waals surface area contributed by atoms with Gasteiger partial charge in [0.2, 0.25) is 0 Å². The van der Waals surface area contributed by atoms with E-state index in [1.165, 1.54) is 10.9 Å². The van der Waals surface area contributed by atoms with Crippen molar-refractivity contribution < 1.29 is 9.47 Å². The second-order valence-electron chi connectivity index (χ2n) is 6.74. The van der Waals surface area contributed by atoms with Crippen LogP contribution in [0.3, 0.4) is 0 Å². The van der Waals surface area contributed by atoms with Gasteiger partial charge in [0.25, 0.3) is 0 Å². The summed E-state index contributed by atoms with van der Waals surface area (Å²) in [5, 5.41) is 1.17. The molecule has 134 valence electrons. The van der Waals surface area contributed by atoms with Gasteiger partial charge in [0.1, 0.15) is 17.9 Å². The van der Waals surface area contributed by atoms with Crippen LogP contribution in [0.25, 0.3) is 10.9 Å². The summed E-state index contributed by atoms with van der Waals surface area (Å²) in [6.45, 7) is 7.17. The fourth-order valence-corrected chi connectivity index (χ4v) is 3.48. The van der Waals surface area contributed by atoms with E-state index in [4.69, 9.17) is 9.47 Å². The van der Waals surface area contributed by atoms with Crippen molar-refractivity contribution in [3.05, 3.63) is 71.4 Å². The third-order valence-corrected chi connectivity index (χ3v) is 4.84. The molecule has 1 fully saturated rings. The van der Waals surface area contributed by atoms with E-state index < -0.39 is 0 Å². The van der Waals surface area contributed by atoms with E-state index in [2.05, 4.69) is 41.1 Å². The zero-order chi connectivity index (χ0) is 17.8. The maximum Gasteiger partial charge on any atom is 0.148 e. The first kappa shape index (κ1) is 17.0. The summed E-state index contributed by atoms with van der Waals surface area (Å²) in [4.78, 5) is 7.08. The minimum Gasteiger partial charge on any atom is -0.486 e. The number of hydrogen-bond donors (Lipinski definition) is 0. The van der Waals surface area contributed by atoms with E-state index in [1.807, 2.05) is 30.5 Å². The molecule has 1 aromatic heterocycles. The number of hydrogen-bond acceptors (Lipinski definition) is 4. The van der Waals surface area contributed by atoms with Gasteiger partial charge in [0.05, 0.1) is 13.2 Å². The first-order chi connectivity index (χ1) is 12.8. The average molecular weight is 348 g/mol. The van der Waals surface area contributed by atoms with E-state index >= 15 is 0 Å². The molecule has 0 spiro atoms. The SMILES string of the molecule is Cc1cc(CN2CCOCC2)c2cccnc2c1OCc1ccccc1. The Balaban J connectivity index is 1.64. The maximum absolute atomic E-state index is 6.18.